The maximum absolute atomic E-state index is 10.9. The molecule has 0 aliphatic rings. The fraction of sp³-hybridized carbons (Fsp3) is 0.333. The van der Waals surface area contributed by atoms with Crippen LogP contribution in [0.3, 0.4) is 0 Å². The van der Waals surface area contributed by atoms with Crippen LogP contribution in [0.2, 0.25) is 0 Å². The molecule has 0 spiro atoms. The lowest BCUT2D eigenvalue weighted by molar-refractivity contribution is -0.135. The minimum Gasteiger partial charge on any atom is -0.480 e. The molecular formula is C12H14N2O2S. The number of aliphatic carboxylic acids is 1. The molecule has 2 rings (SSSR count). The topological polar surface area (TPSA) is 53.4 Å². The summed E-state index contributed by atoms with van der Waals surface area (Å²) < 4.78 is 1.14. The second kappa shape index (κ2) is 5.14. The van der Waals surface area contributed by atoms with E-state index in [4.69, 9.17) is 5.11 Å². The van der Waals surface area contributed by atoms with E-state index in [1.165, 1.54) is 0 Å². The molecular weight excluding hydrogens is 236 g/mol. The van der Waals surface area contributed by atoms with Crippen molar-refractivity contribution in [1.29, 1.82) is 0 Å². The van der Waals surface area contributed by atoms with Crippen LogP contribution in [-0.4, -0.2) is 29.1 Å². The van der Waals surface area contributed by atoms with E-state index in [2.05, 4.69) is 4.98 Å². The molecule has 90 valence electrons. The lowest BCUT2D eigenvalue weighted by Gasteiger charge is -2.21. The summed E-state index contributed by atoms with van der Waals surface area (Å²) in [5.41, 5.74) is 0. The van der Waals surface area contributed by atoms with E-state index in [0.717, 1.165) is 22.3 Å². The Bertz CT molecular complexity index is 524. The molecule has 0 amide bonds. The second-order valence-electron chi connectivity index (χ2n) is 3.78. The Morgan fingerprint density at radius 2 is 2.35 bits per heavy atom. The van der Waals surface area contributed by atoms with Gasteiger partial charge in [-0.05, 0) is 23.9 Å². The Morgan fingerprint density at radius 3 is 3.06 bits per heavy atom. The quantitative estimate of drug-likeness (QED) is 0.886. The zero-order chi connectivity index (χ0) is 12.3. The third-order valence-electron chi connectivity index (χ3n) is 2.48. The summed E-state index contributed by atoms with van der Waals surface area (Å²) >= 11 is 1.64. The summed E-state index contributed by atoms with van der Waals surface area (Å²) in [5, 5.41) is 12.0. The van der Waals surface area contributed by atoms with Crippen LogP contribution in [0, 0.1) is 0 Å². The molecule has 0 unspecified atom stereocenters. The first kappa shape index (κ1) is 11.9. The molecule has 5 heteroatoms. The average molecular weight is 250 g/mol. The number of nitrogens with zero attached hydrogens (tertiary/aromatic N) is 2. The van der Waals surface area contributed by atoms with Gasteiger partial charge >= 0.3 is 5.97 Å². The van der Waals surface area contributed by atoms with E-state index in [1.54, 1.807) is 17.5 Å². The first-order chi connectivity index (χ1) is 8.22. The molecule has 0 atom stereocenters. The minimum atomic E-state index is -0.826. The first-order valence-electron chi connectivity index (χ1n) is 5.51. The van der Waals surface area contributed by atoms with Gasteiger partial charge in [-0.15, -0.1) is 11.3 Å². The van der Waals surface area contributed by atoms with Gasteiger partial charge in [-0.3, -0.25) is 4.79 Å². The largest absolute Gasteiger partial charge is 0.480 e. The van der Waals surface area contributed by atoms with Crippen LogP contribution in [0.15, 0.2) is 23.7 Å². The van der Waals surface area contributed by atoms with Gasteiger partial charge in [0.1, 0.15) is 12.4 Å². The molecule has 0 radical (unpaired) electrons. The van der Waals surface area contributed by atoms with Crippen LogP contribution in [0.4, 0.5) is 5.82 Å². The van der Waals surface area contributed by atoms with Crippen molar-refractivity contribution in [2.75, 3.05) is 18.0 Å². The molecule has 0 aliphatic heterocycles. The van der Waals surface area contributed by atoms with E-state index < -0.39 is 5.97 Å². The molecule has 0 saturated carbocycles. The number of carbonyl (C=O) groups is 1. The number of carboxylic acids is 1. The van der Waals surface area contributed by atoms with Crippen molar-refractivity contribution >= 4 is 33.2 Å². The number of carboxylic acid groups (broad SMARTS) is 1. The van der Waals surface area contributed by atoms with Gasteiger partial charge in [-0.2, -0.15) is 0 Å². The smallest absolute Gasteiger partial charge is 0.323 e. The van der Waals surface area contributed by atoms with Crippen molar-refractivity contribution in [2.45, 2.75) is 13.3 Å². The molecule has 2 aromatic rings. The molecule has 0 aromatic carbocycles. The van der Waals surface area contributed by atoms with Crippen LogP contribution >= 0.6 is 11.3 Å². The number of anilines is 1. The maximum Gasteiger partial charge on any atom is 0.323 e. The van der Waals surface area contributed by atoms with Crippen LogP contribution in [0.5, 0.6) is 0 Å². The number of pyridine rings is 1. The van der Waals surface area contributed by atoms with E-state index in [1.807, 2.05) is 29.3 Å². The van der Waals surface area contributed by atoms with Crippen LogP contribution in [-0.2, 0) is 4.79 Å². The van der Waals surface area contributed by atoms with Gasteiger partial charge < -0.3 is 10.0 Å². The van der Waals surface area contributed by atoms with Crippen LogP contribution in [0.1, 0.15) is 13.3 Å². The van der Waals surface area contributed by atoms with Crippen LogP contribution in [0.25, 0.3) is 10.1 Å². The highest BCUT2D eigenvalue weighted by molar-refractivity contribution is 7.17. The molecule has 0 aliphatic carbocycles. The molecule has 1 N–H and O–H groups in total. The summed E-state index contributed by atoms with van der Waals surface area (Å²) in [6, 6.07) is 3.95. The predicted molar refractivity (Wildman–Crippen MR) is 69.8 cm³/mol. The summed E-state index contributed by atoms with van der Waals surface area (Å²) in [6.07, 6.45) is 2.63. The third-order valence-corrected chi connectivity index (χ3v) is 3.36. The van der Waals surface area contributed by atoms with Crippen molar-refractivity contribution < 1.29 is 9.90 Å². The maximum atomic E-state index is 10.9. The molecule has 17 heavy (non-hydrogen) atoms. The number of thiophene rings is 1. The van der Waals surface area contributed by atoms with Gasteiger partial charge in [-0.25, -0.2) is 4.98 Å². The predicted octanol–water partition coefficient (Wildman–Crippen LogP) is 2.60. The van der Waals surface area contributed by atoms with Gasteiger partial charge in [0.25, 0.3) is 0 Å². The highest BCUT2D eigenvalue weighted by atomic mass is 32.1. The second-order valence-corrected chi connectivity index (χ2v) is 4.73. The Hall–Kier alpha value is -1.62. The summed E-state index contributed by atoms with van der Waals surface area (Å²) in [6.45, 7) is 2.73. The standard InChI is InChI=1S/C12H14N2O2S/c1-2-6-14(8-11(15)16)12-9-4-7-17-10(9)3-5-13-12/h3-5,7H,2,6,8H2,1H3,(H,15,16). The van der Waals surface area contributed by atoms with Gasteiger partial charge in [0.05, 0.1) is 0 Å². The zero-order valence-corrected chi connectivity index (χ0v) is 10.4. The molecule has 0 saturated heterocycles. The molecule has 2 heterocycles. The average Bonchev–Trinajstić information content (AvgIpc) is 2.75. The Labute approximate surface area is 104 Å². The highest BCUT2D eigenvalue weighted by Gasteiger charge is 2.14. The zero-order valence-electron chi connectivity index (χ0n) is 9.59. The number of rotatable bonds is 5. The first-order valence-corrected chi connectivity index (χ1v) is 6.39. The fourth-order valence-electron chi connectivity index (χ4n) is 1.82. The molecule has 0 fully saturated rings. The SMILES string of the molecule is CCCN(CC(=O)O)c1nccc2sccc12. The van der Waals surface area contributed by atoms with E-state index >= 15 is 0 Å². The van der Waals surface area contributed by atoms with Gasteiger partial charge in [0, 0.05) is 22.8 Å². The van der Waals surface area contributed by atoms with Crippen LogP contribution < -0.4 is 4.90 Å². The number of fused-ring (bicyclic) bond motifs is 1. The summed E-state index contributed by atoms with van der Waals surface area (Å²) in [7, 11) is 0. The summed E-state index contributed by atoms with van der Waals surface area (Å²) in [5.74, 6) is -0.0551. The molecule has 0 bridgehead atoms. The van der Waals surface area contributed by atoms with E-state index in [0.29, 0.717) is 6.54 Å². The van der Waals surface area contributed by atoms with Crippen molar-refractivity contribution in [3.63, 3.8) is 0 Å². The van der Waals surface area contributed by atoms with Gasteiger partial charge in [0.2, 0.25) is 0 Å². The normalized spacial score (nSPS) is 10.6. The van der Waals surface area contributed by atoms with Crippen molar-refractivity contribution in [3.8, 4) is 0 Å². The lowest BCUT2D eigenvalue weighted by atomic mass is 10.3. The number of aromatic nitrogens is 1. The minimum absolute atomic E-state index is 0.00417. The fourth-order valence-corrected chi connectivity index (χ4v) is 2.60. The van der Waals surface area contributed by atoms with E-state index in [9.17, 15) is 4.79 Å². The monoisotopic (exact) mass is 250 g/mol. The van der Waals surface area contributed by atoms with Crippen molar-refractivity contribution in [1.82, 2.24) is 4.98 Å². The van der Waals surface area contributed by atoms with E-state index in [-0.39, 0.29) is 6.54 Å². The highest BCUT2D eigenvalue weighted by Crippen LogP contribution is 2.28. The Balaban J connectivity index is 2.40. The van der Waals surface area contributed by atoms with Crippen molar-refractivity contribution in [2.24, 2.45) is 0 Å². The van der Waals surface area contributed by atoms with Gasteiger partial charge in [-0.1, -0.05) is 6.92 Å². The molecule has 2 aromatic heterocycles. The van der Waals surface area contributed by atoms with Crippen molar-refractivity contribution in [3.05, 3.63) is 23.7 Å². The third kappa shape index (κ3) is 2.55. The summed E-state index contributed by atoms with van der Waals surface area (Å²) in [4.78, 5) is 17.0. The Kier molecular flexibility index (Phi) is 3.58. The number of hydrogen-bond acceptors (Lipinski definition) is 4. The number of hydrogen-bond donors (Lipinski definition) is 1. The Morgan fingerprint density at radius 1 is 1.53 bits per heavy atom. The molecule has 4 nitrogen and oxygen atoms in total. The van der Waals surface area contributed by atoms with Gasteiger partial charge in [0.15, 0.2) is 0 Å². The lowest BCUT2D eigenvalue weighted by Crippen LogP contribution is -2.31.